The molecule has 0 N–H and O–H groups in total. The van der Waals surface area contributed by atoms with Crippen LogP contribution >= 0.6 is 0 Å². The number of ether oxygens (including phenoxy) is 1. The van der Waals surface area contributed by atoms with Crippen LogP contribution in [0.5, 0.6) is 0 Å². The summed E-state index contributed by atoms with van der Waals surface area (Å²) < 4.78 is 4.54. The van der Waals surface area contributed by atoms with E-state index >= 15 is 0 Å². The van der Waals surface area contributed by atoms with Crippen molar-refractivity contribution >= 4 is 12.3 Å². The van der Waals surface area contributed by atoms with Crippen molar-refractivity contribution < 1.29 is 14.3 Å². The number of hydrogen-bond donors (Lipinski definition) is 0. The monoisotopic (exact) mass is 218 g/mol. The quantitative estimate of drug-likeness (QED) is 0.549. The van der Waals surface area contributed by atoms with E-state index in [2.05, 4.69) is 9.72 Å². The van der Waals surface area contributed by atoms with Crippen molar-refractivity contribution in [3.05, 3.63) is 28.1 Å². The van der Waals surface area contributed by atoms with E-state index in [1.54, 1.807) is 13.8 Å². The molecule has 1 rings (SSSR count). The Labute approximate surface area is 92.7 Å². The lowest BCUT2D eigenvalue weighted by molar-refractivity contribution is 0.0593. The molecule has 0 aliphatic rings. The molecule has 82 valence electrons. The Bertz CT molecular complexity index is 501. The Morgan fingerprint density at radius 3 is 2.50 bits per heavy atom. The van der Waals surface area contributed by atoms with E-state index in [0.29, 0.717) is 17.4 Å². The Balaban J connectivity index is 3.58. The van der Waals surface area contributed by atoms with Crippen molar-refractivity contribution in [2.75, 3.05) is 7.11 Å². The first kappa shape index (κ1) is 11.9. The molecule has 16 heavy (non-hydrogen) atoms. The van der Waals surface area contributed by atoms with Gasteiger partial charge in [-0.15, -0.1) is 0 Å². The maximum absolute atomic E-state index is 11.4. The molecule has 1 aromatic rings. The molecule has 0 bridgehead atoms. The number of carbonyl (C=O) groups excluding carboxylic acids is 2. The normalized spacial score (nSPS) is 9.38. The third-order valence-corrected chi connectivity index (χ3v) is 2.38. The zero-order valence-corrected chi connectivity index (χ0v) is 9.20. The van der Waals surface area contributed by atoms with Gasteiger partial charge >= 0.3 is 5.97 Å². The number of nitriles is 1. The van der Waals surface area contributed by atoms with Crippen molar-refractivity contribution in [1.29, 1.82) is 5.26 Å². The molecule has 1 aromatic heterocycles. The van der Waals surface area contributed by atoms with Gasteiger partial charge in [0.15, 0.2) is 12.0 Å². The molecule has 0 saturated carbocycles. The van der Waals surface area contributed by atoms with E-state index in [1.807, 2.05) is 6.07 Å². The van der Waals surface area contributed by atoms with Gasteiger partial charge in [-0.05, 0) is 25.0 Å². The maximum Gasteiger partial charge on any atom is 0.356 e. The predicted octanol–water partition coefficient (Wildman–Crippen LogP) is 1.17. The zero-order valence-electron chi connectivity index (χ0n) is 9.20. The summed E-state index contributed by atoms with van der Waals surface area (Å²) >= 11 is 0. The van der Waals surface area contributed by atoms with Crippen LogP contribution in [0.25, 0.3) is 0 Å². The van der Waals surface area contributed by atoms with Crippen LogP contribution in [0.4, 0.5) is 0 Å². The zero-order chi connectivity index (χ0) is 12.3. The molecule has 0 unspecified atom stereocenters. The maximum atomic E-state index is 11.4. The first-order valence-corrected chi connectivity index (χ1v) is 4.51. The molecule has 0 aromatic carbocycles. The minimum atomic E-state index is -0.617. The first-order chi connectivity index (χ1) is 7.56. The van der Waals surface area contributed by atoms with Gasteiger partial charge in [0.1, 0.15) is 11.8 Å². The van der Waals surface area contributed by atoms with Crippen molar-refractivity contribution in [1.82, 2.24) is 4.98 Å². The van der Waals surface area contributed by atoms with Crippen LogP contribution < -0.4 is 0 Å². The fourth-order valence-corrected chi connectivity index (χ4v) is 1.34. The van der Waals surface area contributed by atoms with Gasteiger partial charge < -0.3 is 4.74 Å². The molecular weight excluding hydrogens is 208 g/mol. The molecule has 5 nitrogen and oxygen atoms in total. The smallest absolute Gasteiger partial charge is 0.356 e. The number of methoxy groups -OCH3 is 1. The Hall–Kier alpha value is -2.22. The number of rotatable bonds is 2. The average Bonchev–Trinajstić information content (AvgIpc) is 2.31. The molecule has 0 radical (unpaired) electrons. The fraction of sp³-hybridized carbons (Fsp3) is 0.273. The van der Waals surface area contributed by atoms with Crippen LogP contribution in [0.2, 0.25) is 0 Å². The van der Waals surface area contributed by atoms with Crippen molar-refractivity contribution in [2.45, 2.75) is 13.8 Å². The highest BCUT2D eigenvalue weighted by atomic mass is 16.5. The summed E-state index contributed by atoms with van der Waals surface area (Å²) in [5.41, 5.74) is 1.35. The summed E-state index contributed by atoms with van der Waals surface area (Å²) in [7, 11) is 1.23. The Morgan fingerprint density at radius 1 is 1.44 bits per heavy atom. The molecule has 0 atom stereocenters. The standard InChI is InChI=1S/C11H10N2O3/c1-6-7(2)10(11(15)16-3)13-9(5-14)8(6)4-12/h5H,1-3H3. The molecule has 0 amide bonds. The second-order valence-electron chi connectivity index (χ2n) is 3.19. The lowest BCUT2D eigenvalue weighted by Gasteiger charge is -2.09. The molecule has 5 heteroatoms. The van der Waals surface area contributed by atoms with Crippen LogP contribution in [-0.4, -0.2) is 24.3 Å². The molecule has 0 aliphatic carbocycles. The number of carbonyl (C=O) groups is 2. The van der Waals surface area contributed by atoms with Gasteiger partial charge in [0.25, 0.3) is 0 Å². The van der Waals surface area contributed by atoms with Crippen LogP contribution in [0.1, 0.15) is 37.7 Å². The second kappa shape index (κ2) is 4.53. The summed E-state index contributed by atoms with van der Waals surface area (Å²) in [5.74, 6) is -0.617. The summed E-state index contributed by atoms with van der Waals surface area (Å²) in [4.78, 5) is 25.9. The second-order valence-corrected chi connectivity index (χ2v) is 3.19. The van der Waals surface area contributed by atoms with Gasteiger partial charge in [-0.2, -0.15) is 5.26 Å². The summed E-state index contributed by atoms with van der Waals surface area (Å²) in [5, 5.41) is 8.88. The van der Waals surface area contributed by atoms with E-state index in [1.165, 1.54) is 7.11 Å². The molecule has 0 saturated heterocycles. The van der Waals surface area contributed by atoms with Crippen LogP contribution in [-0.2, 0) is 4.74 Å². The van der Waals surface area contributed by atoms with Gasteiger partial charge in [0.05, 0.1) is 12.7 Å². The Morgan fingerprint density at radius 2 is 2.06 bits per heavy atom. The van der Waals surface area contributed by atoms with Crippen LogP contribution in [0, 0.1) is 25.2 Å². The topological polar surface area (TPSA) is 80.0 Å². The third-order valence-electron chi connectivity index (χ3n) is 2.38. The van der Waals surface area contributed by atoms with E-state index in [-0.39, 0.29) is 17.0 Å². The number of hydrogen-bond acceptors (Lipinski definition) is 5. The number of nitrogens with zero attached hydrogens (tertiary/aromatic N) is 2. The lowest BCUT2D eigenvalue weighted by Crippen LogP contribution is -2.12. The molecule has 0 aliphatic heterocycles. The number of aromatic nitrogens is 1. The van der Waals surface area contributed by atoms with Crippen LogP contribution in [0.3, 0.4) is 0 Å². The predicted molar refractivity (Wildman–Crippen MR) is 55.2 cm³/mol. The average molecular weight is 218 g/mol. The minimum absolute atomic E-state index is 0.0361. The van der Waals surface area contributed by atoms with Gasteiger partial charge in [0.2, 0.25) is 0 Å². The molecule has 1 heterocycles. The van der Waals surface area contributed by atoms with E-state index in [4.69, 9.17) is 5.26 Å². The van der Waals surface area contributed by atoms with Crippen molar-refractivity contribution in [3.8, 4) is 6.07 Å². The van der Waals surface area contributed by atoms with E-state index in [0.717, 1.165) is 0 Å². The summed E-state index contributed by atoms with van der Waals surface area (Å²) in [6.45, 7) is 3.32. The third kappa shape index (κ3) is 1.77. The van der Waals surface area contributed by atoms with Gasteiger partial charge in [-0.1, -0.05) is 0 Å². The van der Waals surface area contributed by atoms with Gasteiger partial charge in [-0.3, -0.25) is 4.79 Å². The SMILES string of the molecule is COC(=O)c1nc(C=O)c(C#N)c(C)c1C. The summed E-state index contributed by atoms with van der Waals surface area (Å²) in [6.07, 6.45) is 0.456. The minimum Gasteiger partial charge on any atom is -0.464 e. The van der Waals surface area contributed by atoms with Gasteiger partial charge in [-0.25, -0.2) is 9.78 Å². The lowest BCUT2D eigenvalue weighted by atomic mass is 10.0. The first-order valence-electron chi connectivity index (χ1n) is 4.51. The van der Waals surface area contributed by atoms with E-state index in [9.17, 15) is 9.59 Å². The number of esters is 1. The molecular formula is C11H10N2O3. The van der Waals surface area contributed by atoms with Crippen LogP contribution in [0.15, 0.2) is 0 Å². The van der Waals surface area contributed by atoms with Crippen molar-refractivity contribution in [3.63, 3.8) is 0 Å². The molecule has 0 fully saturated rings. The van der Waals surface area contributed by atoms with Crippen molar-refractivity contribution in [2.24, 2.45) is 0 Å². The highest BCUT2D eigenvalue weighted by molar-refractivity contribution is 5.91. The molecule has 0 spiro atoms. The highest BCUT2D eigenvalue weighted by Gasteiger charge is 2.18. The summed E-state index contributed by atoms with van der Waals surface area (Å²) in [6, 6.07) is 1.89. The number of pyridine rings is 1. The largest absolute Gasteiger partial charge is 0.464 e. The van der Waals surface area contributed by atoms with Gasteiger partial charge in [0, 0.05) is 0 Å². The Kier molecular flexibility index (Phi) is 3.36. The highest BCUT2D eigenvalue weighted by Crippen LogP contribution is 2.18. The number of aldehydes is 1. The fourth-order valence-electron chi connectivity index (χ4n) is 1.34. The van der Waals surface area contributed by atoms with E-state index < -0.39 is 5.97 Å².